The molecule has 2 aromatic carbocycles. The van der Waals surface area contributed by atoms with Crippen LogP contribution in [0.15, 0.2) is 46.9 Å². The number of oxazole rings is 1. The molecule has 0 saturated carbocycles. The molecule has 0 spiro atoms. The zero-order valence-corrected chi connectivity index (χ0v) is 18.6. The number of anilines is 1. The minimum Gasteiger partial charge on any atom is -0.493 e. The molecule has 1 fully saturated rings. The Morgan fingerprint density at radius 3 is 2.60 bits per heavy atom. The highest BCUT2D eigenvalue weighted by Gasteiger charge is 2.22. The number of halogens is 1. The minimum atomic E-state index is 0.611. The summed E-state index contributed by atoms with van der Waals surface area (Å²) < 4.78 is 11.7. The first-order valence-corrected chi connectivity index (χ1v) is 10.8. The maximum Gasteiger partial charge on any atom is 0.230 e. The summed E-state index contributed by atoms with van der Waals surface area (Å²) in [5.74, 6) is 2.29. The zero-order valence-electron chi connectivity index (χ0n) is 17.8. The lowest BCUT2D eigenvalue weighted by atomic mass is 10.1. The van der Waals surface area contributed by atoms with E-state index in [1.807, 2.05) is 44.2 Å². The Hall–Kier alpha value is -2.50. The average Bonchev–Trinajstić information content (AvgIpc) is 3.11. The predicted octanol–water partition coefficient (Wildman–Crippen LogP) is 5.33. The van der Waals surface area contributed by atoms with Crippen LogP contribution in [0.5, 0.6) is 5.75 Å². The normalized spacial score (nSPS) is 14.9. The first-order chi connectivity index (χ1) is 14.5. The van der Waals surface area contributed by atoms with Crippen molar-refractivity contribution in [3.63, 3.8) is 0 Å². The molecule has 0 bridgehead atoms. The predicted molar refractivity (Wildman–Crippen MR) is 122 cm³/mol. The summed E-state index contributed by atoms with van der Waals surface area (Å²) in [6.45, 7) is 11.4. The third-order valence-electron chi connectivity index (χ3n) is 5.57. The number of nitrogens with zero attached hydrogens (tertiary/aromatic N) is 3. The summed E-state index contributed by atoms with van der Waals surface area (Å²) in [6.07, 6.45) is 0. The number of hydrogen-bond donors (Lipinski definition) is 0. The van der Waals surface area contributed by atoms with Crippen LogP contribution in [0.3, 0.4) is 0 Å². The van der Waals surface area contributed by atoms with Crippen LogP contribution in [0.2, 0.25) is 5.02 Å². The molecule has 0 aliphatic carbocycles. The maximum absolute atomic E-state index is 6.21. The van der Waals surface area contributed by atoms with Crippen molar-refractivity contribution in [3.8, 4) is 17.2 Å². The number of ether oxygens (including phenoxy) is 1. The van der Waals surface area contributed by atoms with E-state index in [1.165, 1.54) is 11.3 Å². The molecule has 0 amide bonds. The summed E-state index contributed by atoms with van der Waals surface area (Å²) in [6, 6.07) is 14.0. The van der Waals surface area contributed by atoms with Crippen molar-refractivity contribution < 1.29 is 9.15 Å². The molecule has 4 rings (SSSR count). The third kappa shape index (κ3) is 4.47. The molecule has 3 aromatic rings. The van der Waals surface area contributed by atoms with E-state index in [9.17, 15) is 0 Å². The van der Waals surface area contributed by atoms with Gasteiger partial charge in [0.2, 0.25) is 5.89 Å². The molecule has 0 radical (unpaired) electrons. The minimum absolute atomic E-state index is 0.611. The van der Waals surface area contributed by atoms with Gasteiger partial charge in [0.1, 0.15) is 11.5 Å². The van der Waals surface area contributed by atoms with Crippen LogP contribution in [0, 0.1) is 13.8 Å². The van der Waals surface area contributed by atoms with Gasteiger partial charge in [-0.1, -0.05) is 29.8 Å². The first kappa shape index (κ1) is 20.8. The van der Waals surface area contributed by atoms with Crippen molar-refractivity contribution in [3.05, 3.63) is 64.5 Å². The van der Waals surface area contributed by atoms with Crippen LogP contribution in [0.25, 0.3) is 11.5 Å². The van der Waals surface area contributed by atoms with Gasteiger partial charge in [0.05, 0.1) is 17.9 Å². The van der Waals surface area contributed by atoms with E-state index in [-0.39, 0.29) is 0 Å². The third-order valence-corrected chi connectivity index (χ3v) is 5.80. The summed E-state index contributed by atoms with van der Waals surface area (Å²) in [7, 11) is 0. The van der Waals surface area contributed by atoms with Gasteiger partial charge in [0, 0.05) is 43.4 Å². The van der Waals surface area contributed by atoms with Crippen molar-refractivity contribution >= 4 is 17.3 Å². The van der Waals surface area contributed by atoms with Gasteiger partial charge in [-0.15, -0.1) is 0 Å². The van der Waals surface area contributed by atoms with Gasteiger partial charge in [0.25, 0.3) is 0 Å². The molecular weight excluding hydrogens is 398 g/mol. The van der Waals surface area contributed by atoms with E-state index in [0.717, 1.165) is 60.5 Å². The van der Waals surface area contributed by atoms with Crippen molar-refractivity contribution in [2.24, 2.45) is 0 Å². The molecule has 0 unspecified atom stereocenters. The summed E-state index contributed by atoms with van der Waals surface area (Å²) in [4.78, 5) is 9.64. The van der Waals surface area contributed by atoms with E-state index in [2.05, 4.69) is 28.9 Å². The Morgan fingerprint density at radius 2 is 1.83 bits per heavy atom. The molecule has 158 valence electrons. The molecule has 1 aliphatic heterocycles. The smallest absolute Gasteiger partial charge is 0.230 e. The molecule has 0 atom stereocenters. The highest BCUT2D eigenvalue weighted by Crippen LogP contribution is 2.31. The first-order valence-electron chi connectivity index (χ1n) is 10.5. The van der Waals surface area contributed by atoms with Crippen LogP contribution >= 0.6 is 11.6 Å². The van der Waals surface area contributed by atoms with Gasteiger partial charge in [-0.3, -0.25) is 4.90 Å². The summed E-state index contributed by atoms with van der Waals surface area (Å²) in [5, 5.41) is 0.788. The van der Waals surface area contributed by atoms with Gasteiger partial charge < -0.3 is 14.1 Å². The van der Waals surface area contributed by atoms with Crippen LogP contribution in [-0.4, -0.2) is 42.7 Å². The number of hydrogen-bond acceptors (Lipinski definition) is 5. The number of rotatable bonds is 6. The lowest BCUT2D eigenvalue weighted by molar-refractivity contribution is 0.246. The average molecular weight is 426 g/mol. The van der Waals surface area contributed by atoms with Gasteiger partial charge in [-0.2, -0.15) is 0 Å². The molecule has 1 aliphatic rings. The second kappa shape index (κ2) is 9.11. The lowest BCUT2D eigenvalue weighted by Crippen LogP contribution is -2.46. The number of aromatic nitrogens is 1. The van der Waals surface area contributed by atoms with E-state index >= 15 is 0 Å². The van der Waals surface area contributed by atoms with Gasteiger partial charge in [0.15, 0.2) is 0 Å². The van der Waals surface area contributed by atoms with Crippen LogP contribution < -0.4 is 9.64 Å². The second-order valence-electron chi connectivity index (χ2n) is 7.65. The quantitative estimate of drug-likeness (QED) is 0.533. The van der Waals surface area contributed by atoms with Crippen molar-refractivity contribution in [1.29, 1.82) is 0 Å². The fraction of sp³-hybridized carbons (Fsp3) is 0.375. The monoisotopic (exact) mass is 425 g/mol. The SMILES string of the molecule is CCOc1ccccc1-c1nc(CN2CCN(c3cc(Cl)ccc3C)CC2)c(C)o1. The molecular formula is C24H28ClN3O2. The molecule has 5 nitrogen and oxygen atoms in total. The van der Waals surface area contributed by atoms with Crippen LogP contribution in [0.4, 0.5) is 5.69 Å². The van der Waals surface area contributed by atoms with E-state index in [1.54, 1.807) is 0 Å². The largest absolute Gasteiger partial charge is 0.493 e. The molecule has 1 aromatic heterocycles. The zero-order chi connectivity index (χ0) is 21.1. The topological polar surface area (TPSA) is 41.7 Å². The van der Waals surface area contributed by atoms with Gasteiger partial charge in [-0.05, 0) is 50.6 Å². The Morgan fingerprint density at radius 1 is 1.07 bits per heavy atom. The van der Waals surface area contributed by atoms with Crippen LogP contribution in [-0.2, 0) is 6.54 Å². The summed E-state index contributed by atoms with van der Waals surface area (Å²) in [5.41, 5.74) is 4.38. The molecule has 6 heteroatoms. The molecule has 0 N–H and O–H groups in total. The van der Waals surface area contributed by atoms with Crippen molar-refractivity contribution in [2.75, 3.05) is 37.7 Å². The molecule has 1 saturated heterocycles. The molecule has 2 heterocycles. The fourth-order valence-corrected chi connectivity index (χ4v) is 4.06. The van der Waals surface area contributed by atoms with E-state index < -0.39 is 0 Å². The maximum atomic E-state index is 6.21. The highest BCUT2D eigenvalue weighted by molar-refractivity contribution is 6.30. The highest BCUT2D eigenvalue weighted by atomic mass is 35.5. The van der Waals surface area contributed by atoms with Crippen LogP contribution in [0.1, 0.15) is 23.9 Å². The van der Waals surface area contributed by atoms with Crippen molar-refractivity contribution in [1.82, 2.24) is 9.88 Å². The Kier molecular flexibility index (Phi) is 6.30. The number of aryl methyl sites for hydroxylation is 2. The Bertz CT molecular complexity index is 1010. The van der Waals surface area contributed by atoms with Gasteiger partial charge in [-0.25, -0.2) is 4.98 Å². The van der Waals surface area contributed by atoms with E-state index in [4.69, 9.17) is 25.7 Å². The number of para-hydroxylation sites is 1. The van der Waals surface area contributed by atoms with Crippen molar-refractivity contribution in [2.45, 2.75) is 27.3 Å². The number of piperazine rings is 1. The second-order valence-corrected chi connectivity index (χ2v) is 8.08. The Balaban J connectivity index is 1.43. The van der Waals surface area contributed by atoms with E-state index in [0.29, 0.717) is 12.5 Å². The fourth-order valence-electron chi connectivity index (χ4n) is 3.90. The summed E-state index contributed by atoms with van der Waals surface area (Å²) >= 11 is 6.21. The standard InChI is InChI=1S/C24H28ClN3O2/c1-4-29-23-8-6-5-7-20(23)24-26-21(18(3)30-24)16-27-11-13-28(14-12-27)22-15-19(25)10-9-17(22)2/h5-10,15H,4,11-14,16H2,1-3H3. The number of benzene rings is 2. The lowest BCUT2D eigenvalue weighted by Gasteiger charge is -2.36. The van der Waals surface area contributed by atoms with Gasteiger partial charge >= 0.3 is 0 Å². The Labute approximate surface area is 183 Å². The molecule has 30 heavy (non-hydrogen) atoms.